The van der Waals surface area contributed by atoms with Crippen LogP contribution in [0.4, 0.5) is 11.4 Å². The minimum atomic E-state index is -0.814. The summed E-state index contributed by atoms with van der Waals surface area (Å²) in [4.78, 5) is 45.2. The van der Waals surface area contributed by atoms with Gasteiger partial charge in [0.05, 0.1) is 12.1 Å². The van der Waals surface area contributed by atoms with E-state index in [-0.39, 0.29) is 23.6 Å². The number of anilines is 1. The van der Waals surface area contributed by atoms with Crippen LogP contribution >= 0.6 is 0 Å². The van der Waals surface area contributed by atoms with Crippen LogP contribution < -0.4 is 16.0 Å². The normalized spacial score (nSPS) is 14.3. The van der Waals surface area contributed by atoms with Crippen molar-refractivity contribution in [2.45, 2.75) is 78.9 Å². The molecule has 2 aromatic rings. The van der Waals surface area contributed by atoms with Gasteiger partial charge in [-0.25, -0.2) is 0 Å². The molecular formula is C33H47N7O3. The van der Waals surface area contributed by atoms with Crippen LogP contribution in [0.1, 0.15) is 61.0 Å². The van der Waals surface area contributed by atoms with Crippen LogP contribution in [0, 0.1) is 11.3 Å². The van der Waals surface area contributed by atoms with Crippen molar-refractivity contribution in [1.82, 2.24) is 15.5 Å². The molecule has 10 nitrogen and oxygen atoms in total. The Labute approximate surface area is 255 Å². The molecule has 2 aromatic carbocycles. The van der Waals surface area contributed by atoms with E-state index in [1.165, 1.54) is 0 Å². The minimum absolute atomic E-state index is 0.0155. The SMILES string of the molecule is CN[C@H](C(=O)N[C@H](C(=O)N(C)[C@H](/C=C(\C)C(=O)Nc1ccc(N=[N+]=[N-])cc1)C(C)C)C(C)(C)C)C(C)(C)c1ccccc1. The zero-order chi connectivity index (χ0) is 32.5. The van der Waals surface area contributed by atoms with E-state index in [4.69, 9.17) is 5.53 Å². The van der Waals surface area contributed by atoms with Gasteiger partial charge in [-0.3, -0.25) is 14.4 Å². The smallest absolute Gasteiger partial charge is 0.251 e. The number of azide groups is 1. The second kappa shape index (κ2) is 14.8. The van der Waals surface area contributed by atoms with Crippen LogP contribution in [0.25, 0.3) is 10.4 Å². The van der Waals surface area contributed by atoms with E-state index in [0.29, 0.717) is 16.9 Å². The Morgan fingerprint density at radius 2 is 1.53 bits per heavy atom. The van der Waals surface area contributed by atoms with Gasteiger partial charge < -0.3 is 20.9 Å². The van der Waals surface area contributed by atoms with E-state index in [0.717, 1.165) is 5.56 Å². The first-order chi connectivity index (χ1) is 20.0. The van der Waals surface area contributed by atoms with Crippen LogP contribution in [0.5, 0.6) is 0 Å². The minimum Gasteiger partial charge on any atom is -0.342 e. The first kappa shape index (κ1) is 35.1. The predicted molar refractivity (Wildman–Crippen MR) is 173 cm³/mol. The summed E-state index contributed by atoms with van der Waals surface area (Å²) < 4.78 is 0. The fraction of sp³-hybridized carbons (Fsp3) is 0.485. The predicted octanol–water partition coefficient (Wildman–Crippen LogP) is 6.09. The average molecular weight is 590 g/mol. The molecule has 0 spiro atoms. The van der Waals surface area contributed by atoms with Crippen LogP contribution in [-0.4, -0.2) is 54.8 Å². The molecule has 3 N–H and O–H groups in total. The van der Waals surface area contributed by atoms with E-state index in [1.54, 1.807) is 56.3 Å². The van der Waals surface area contributed by atoms with Gasteiger partial charge in [0, 0.05) is 34.3 Å². The number of hydrogen-bond acceptors (Lipinski definition) is 5. The molecular weight excluding hydrogens is 542 g/mol. The quantitative estimate of drug-likeness (QED) is 0.119. The highest BCUT2D eigenvalue weighted by Crippen LogP contribution is 2.29. The maximum absolute atomic E-state index is 14.1. The molecule has 0 aliphatic carbocycles. The Kier molecular flexibility index (Phi) is 12.1. The molecule has 43 heavy (non-hydrogen) atoms. The van der Waals surface area contributed by atoms with E-state index in [2.05, 4.69) is 26.0 Å². The van der Waals surface area contributed by atoms with Crippen molar-refractivity contribution in [3.05, 3.63) is 82.3 Å². The number of hydrogen-bond donors (Lipinski definition) is 3. The van der Waals surface area contributed by atoms with Crippen molar-refractivity contribution in [1.29, 1.82) is 0 Å². The summed E-state index contributed by atoms with van der Waals surface area (Å²) in [6, 6.07) is 14.5. The highest BCUT2D eigenvalue weighted by molar-refractivity contribution is 6.03. The van der Waals surface area contributed by atoms with Gasteiger partial charge in [0.25, 0.3) is 5.91 Å². The molecule has 0 saturated heterocycles. The number of carbonyl (C=O) groups excluding carboxylic acids is 3. The lowest BCUT2D eigenvalue weighted by Gasteiger charge is -2.40. The summed E-state index contributed by atoms with van der Waals surface area (Å²) in [5.74, 6) is -0.844. The number of carbonyl (C=O) groups is 3. The van der Waals surface area contributed by atoms with Crippen LogP contribution in [0.15, 0.2) is 71.4 Å². The van der Waals surface area contributed by atoms with Crippen LogP contribution in [-0.2, 0) is 19.8 Å². The topological polar surface area (TPSA) is 139 Å². The van der Waals surface area contributed by atoms with Gasteiger partial charge in [-0.2, -0.15) is 0 Å². The van der Waals surface area contributed by atoms with Crippen LogP contribution in [0.2, 0.25) is 0 Å². The fourth-order valence-electron chi connectivity index (χ4n) is 5.05. The fourth-order valence-corrected chi connectivity index (χ4v) is 5.05. The molecule has 0 aliphatic rings. The molecule has 3 amide bonds. The molecule has 0 aliphatic heterocycles. The molecule has 2 rings (SSSR count). The lowest BCUT2D eigenvalue weighted by Crippen LogP contribution is -2.61. The van der Waals surface area contributed by atoms with Gasteiger partial charge in [-0.15, -0.1) is 0 Å². The summed E-state index contributed by atoms with van der Waals surface area (Å²) >= 11 is 0. The molecule has 3 atom stereocenters. The summed E-state index contributed by atoms with van der Waals surface area (Å²) in [6.45, 7) is 15.4. The Morgan fingerprint density at radius 3 is 2.02 bits per heavy atom. The first-order valence-corrected chi connectivity index (χ1v) is 14.5. The van der Waals surface area contributed by atoms with Gasteiger partial charge in [0.15, 0.2) is 0 Å². The standard InChI is InChI=1S/C33H47N7O3/c1-21(2)26(20-22(3)29(41)36-24-16-18-25(19-17-24)38-39-34)40(10)31(43)28(32(4,5)6)37-30(42)27(35-9)33(7,8)23-14-12-11-13-15-23/h11-21,26-28,35H,1-10H3,(H,36,41)(H,37,42)/b22-20+/t26-,27-,28-/m1/s1. The lowest BCUT2D eigenvalue weighted by molar-refractivity contribution is -0.140. The number of likely N-dealkylation sites (N-methyl/N-ethyl adjacent to an activating group) is 2. The van der Waals surface area contributed by atoms with Gasteiger partial charge in [-0.05, 0) is 48.5 Å². The summed E-state index contributed by atoms with van der Waals surface area (Å²) in [6.07, 6.45) is 1.78. The van der Waals surface area contributed by atoms with Crippen molar-refractivity contribution in [2.75, 3.05) is 19.4 Å². The van der Waals surface area contributed by atoms with Crippen molar-refractivity contribution in [3.63, 3.8) is 0 Å². The first-order valence-electron chi connectivity index (χ1n) is 14.5. The van der Waals surface area contributed by atoms with Gasteiger partial charge >= 0.3 is 0 Å². The third-order valence-corrected chi connectivity index (χ3v) is 7.73. The highest BCUT2D eigenvalue weighted by Gasteiger charge is 2.41. The average Bonchev–Trinajstić information content (AvgIpc) is 2.94. The number of nitrogens with one attached hydrogen (secondary N) is 3. The summed E-state index contributed by atoms with van der Waals surface area (Å²) in [5.41, 5.74) is 9.88. The zero-order valence-corrected chi connectivity index (χ0v) is 27.1. The second-order valence-electron chi connectivity index (χ2n) is 12.8. The number of nitrogens with zero attached hydrogens (tertiary/aromatic N) is 4. The molecule has 10 heteroatoms. The third kappa shape index (κ3) is 9.17. The largest absolute Gasteiger partial charge is 0.342 e. The van der Waals surface area contributed by atoms with Crippen molar-refractivity contribution in [2.24, 2.45) is 16.4 Å². The van der Waals surface area contributed by atoms with E-state index < -0.39 is 29.0 Å². The maximum Gasteiger partial charge on any atom is 0.251 e. The molecule has 0 heterocycles. The number of rotatable bonds is 12. The molecule has 0 bridgehead atoms. The number of amides is 3. The Balaban J connectivity index is 2.29. The van der Waals surface area contributed by atoms with Crippen molar-refractivity contribution in [3.8, 4) is 0 Å². The van der Waals surface area contributed by atoms with E-state index >= 15 is 0 Å². The van der Waals surface area contributed by atoms with E-state index in [1.807, 2.05) is 78.8 Å². The molecule has 0 aromatic heterocycles. The van der Waals surface area contributed by atoms with Gasteiger partial charge in [-0.1, -0.05) is 102 Å². The molecule has 0 unspecified atom stereocenters. The van der Waals surface area contributed by atoms with Gasteiger partial charge in [0.1, 0.15) is 6.04 Å². The third-order valence-electron chi connectivity index (χ3n) is 7.73. The second-order valence-corrected chi connectivity index (χ2v) is 12.8. The number of benzene rings is 2. The highest BCUT2D eigenvalue weighted by atomic mass is 16.2. The van der Waals surface area contributed by atoms with Crippen LogP contribution in [0.3, 0.4) is 0 Å². The molecule has 0 radical (unpaired) electrons. The lowest BCUT2D eigenvalue weighted by atomic mass is 9.76. The summed E-state index contributed by atoms with van der Waals surface area (Å²) in [5, 5.41) is 12.6. The maximum atomic E-state index is 14.1. The van der Waals surface area contributed by atoms with E-state index in [9.17, 15) is 14.4 Å². The van der Waals surface area contributed by atoms with Crippen molar-refractivity contribution >= 4 is 29.1 Å². The monoisotopic (exact) mass is 589 g/mol. The Morgan fingerprint density at radius 1 is 0.953 bits per heavy atom. The zero-order valence-electron chi connectivity index (χ0n) is 27.1. The Hall–Kier alpha value is -4.14. The molecule has 232 valence electrons. The summed E-state index contributed by atoms with van der Waals surface area (Å²) in [7, 11) is 3.45. The Bertz CT molecular complexity index is 1340. The van der Waals surface area contributed by atoms with Gasteiger partial charge in [0.2, 0.25) is 11.8 Å². The molecule has 0 saturated carbocycles. The molecule has 0 fully saturated rings. The van der Waals surface area contributed by atoms with Crippen molar-refractivity contribution < 1.29 is 14.4 Å².